The summed E-state index contributed by atoms with van der Waals surface area (Å²) in [5.41, 5.74) is 3.06. The molecule has 1 atom stereocenters. The maximum atomic E-state index is 14.0. The van der Waals surface area contributed by atoms with Gasteiger partial charge < -0.3 is 14.8 Å². The van der Waals surface area contributed by atoms with Gasteiger partial charge in [-0.2, -0.15) is 5.26 Å². The number of benzene rings is 2. The number of nitrogens with one attached hydrogen (secondary N) is 1. The summed E-state index contributed by atoms with van der Waals surface area (Å²) < 4.78 is 16.0. The first-order valence-corrected chi connectivity index (χ1v) is 10.4. The van der Waals surface area contributed by atoms with E-state index in [-0.39, 0.29) is 24.3 Å². The number of nitrogens with zero attached hydrogens (tertiary/aromatic N) is 4. The Morgan fingerprint density at radius 2 is 2.03 bits per heavy atom. The molecular formula is C23H21ClFN5O. The molecule has 0 radical (unpaired) electrons. The van der Waals surface area contributed by atoms with Crippen LogP contribution in [0, 0.1) is 17.1 Å². The van der Waals surface area contributed by atoms with E-state index in [0.29, 0.717) is 42.2 Å². The molecule has 1 aromatic heterocycles. The normalized spacial score (nSPS) is 16.0. The minimum Gasteiger partial charge on any atom is -0.337 e. The minimum absolute atomic E-state index is 0.0440. The number of imidazole rings is 1. The molecule has 0 bridgehead atoms. The van der Waals surface area contributed by atoms with Crippen LogP contribution in [0.5, 0.6) is 0 Å². The first kappa shape index (κ1) is 21.0. The lowest BCUT2D eigenvalue weighted by Crippen LogP contribution is -2.38. The van der Waals surface area contributed by atoms with Crippen LogP contribution in [-0.4, -0.2) is 32.9 Å². The van der Waals surface area contributed by atoms with Gasteiger partial charge in [0.25, 0.3) is 0 Å². The molecule has 0 saturated carbocycles. The van der Waals surface area contributed by atoms with Gasteiger partial charge in [-0.15, -0.1) is 0 Å². The van der Waals surface area contributed by atoms with Gasteiger partial charge in [0.2, 0.25) is 5.91 Å². The fourth-order valence-electron chi connectivity index (χ4n) is 3.70. The summed E-state index contributed by atoms with van der Waals surface area (Å²) in [4.78, 5) is 18.6. The van der Waals surface area contributed by atoms with Gasteiger partial charge in [-0.25, -0.2) is 9.37 Å². The second-order valence-corrected chi connectivity index (χ2v) is 7.98. The third-order valence-corrected chi connectivity index (χ3v) is 5.67. The predicted molar refractivity (Wildman–Crippen MR) is 115 cm³/mol. The Morgan fingerprint density at radius 1 is 1.23 bits per heavy atom. The highest BCUT2D eigenvalue weighted by Crippen LogP contribution is 2.20. The Bertz CT molecular complexity index is 1120. The van der Waals surface area contributed by atoms with Crippen LogP contribution in [0.2, 0.25) is 5.02 Å². The van der Waals surface area contributed by atoms with Crippen molar-refractivity contribution < 1.29 is 9.18 Å². The molecule has 1 saturated heterocycles. The second-order valence-electron chi connectivity index (χ2n) is 7.54. The zero-order valence-corrected chi connectivity index (χ0v) is 17.5. The van der Waals surface area contributed by atoms with Crippen molar-refractivity contribution in [1.29, 1.82) is 5.26 Å². The molecule has 1 fully saturated rings. The lowest BCUT2D eigenvalue weighted by molar-refractivity contribution is -0.130. The van der Waals surface area contributed by atoms with Crippen LogP contribution in [0.1, 0.15) is 28.8 Å². The summed E-state index contributed by atoms with van der Waals surface area (Å²) in [6.45, 7) is 1.89. The molecule has 0 unspecified atom stereocenters. The van der Waals surface area contributed by atoms with Crippen molar-refractivity contribution in [2.45, 2.75) is 32.1 Å². The lowest BCUT2D eigenvalue weighted by atomic mass is 10.1. The molecule has 158 valence electrons. The topological polar surface area (TPSA) is 74.0 Å². The van der Waals surface area contributed by atoms with Crippen molar-refractivity contribution >= 4 is 17.5 Å². The lowest BCUT2D eigenvalue weighted by Gasteiger charge is -2.18. The summed E-state index contributed by atoms with van der Waals surface area (Å²) >= 11 is 5.96. The highest BCUT2D eigenvalue weighted by atomic mass is 35.5. The van der Waals surface area contributed by atoms with Gasteiger partial charge in [-0.3, -0.25) is 4.79 Å². The SMILES string of the molecule is N#Cc1ccc(Cn2cncc2CN[C@@H]2CCN(Cc3cc(Cl)ccc3F)C2=O)cc1. The maximum absolute atomic E-state index is 14.0. The van der Waals surface area contributed by atoms with Crippen LogP contribution < -0.4 is 5.32 Å². The van der Waals surface area contributed by atoms with E-state index in [1.54, 1.807) is 35.6 Å². The fourth-order valence-corrected chi connectivity index (χ4v) is 3.90. The van der Waals surface area contributed by atoms with Gasteiger partial charge in [0.15, 0.2) is 0 Å². The summed E-state index contributed by atoms with van der Waals surface area (Å²) in [5, 5.41) is 12.7. The highest BCUT2D eigenvalue weighted by Gasteiger charge is 2.31. The number of carbonyl (C=O) groups is 1. The second kappa shape index (κ2) is 9.29. The van der Waals surface area contributed by atoms with Gasteiger partial charge >= 0.3 is 0 Å². The van der Waals surface area contributed by atoms with Gasteiger partial charge in [0, 0.05) is 43.0 Å². The molecule has 2 heterocycles. The number of hydrogen-bond donors (Lipinski definition) is 1. The quantitative estimate of drug-likeness (QED) is 0.614. The number of amides is 1. The van der Waals surface area contributed by atoms with Crippen molar-refractivity contribution in [1.82, 2.24) is 19.8 Å². The number of hydrogen-bond acceptors (Lipinski definition) is 4. The first-order chi connectivity index (χ1) is 15.0. The largest absolute Gasteiger partial charge is 0.337 e. The Kier molecular flexibility index (Phi) is 6.31. The van der Waals surface area contributed by atoms with Crippen LogP contribution in [0.4, 0.5) is 4.39 Å². The van der Waals surface area contributed by atoms with Crippen LogP contribution >= 0.6 is 11.6 Å². The van der Waals surface area contributed by atoms with E-state index in [0.717, 1.165) is 11.3 Å². The van der Waals surface area contributed by atoms with Gasteiger partial charge in [0.05, 0.1) is 29.7 Å². The van der Waals surface area contributed by atoms with Crippen molar-refractivity contribution in [3.8, 4) is 6.07 Å². The standard InChI is InChI=1S/C23H21ClFN5O/c24-19-5-6-21(25)18(9-19)14-29-8-7-22(23(29)31)28-12-20-11-27-15-30(20)13-17-3-1-16(10-26)2-4-17/h1-6,9,11,15,22,28H,7-8,12-14H2/t22-/m1/s1. The summed E-state index contributed by atoms with van der Waals surface area (Å²) in [7, 11) is 0. The van der Waals surface area contributed by atoms with E-state index in [4.69, 9.17) is 16.9 Å². The molecule has 1 aliphatic rings. The number of halogens is 2. The van der Waals surface area contributed by atoms with E-state index in [1.165, 1.54) is 12.1 Å². The third kappa shape index (κ3) is 4.93. The molecule has 0 spiro atoms. The molecule has 6 nitrogen and oxygen atoms in total. The van der Waals surface area contributed by atoms with Crippen LogP contribution in [0.15, 0.2) is 55.0 Å². The number of likely N-dealkylation sites (tertiary alicyclic amines) is 1. The smallest absolute Gasteiger partial charge is 0.240 e. The molecule has 8 heteroatoms. The number of nitriles is 1. The van der Waals surface area contributed by atoms with Gasteiger partial charge in [0.1, 0.15) is 5.82 Å². The van der Waals surface area contributed by atoms with Crippen molar-refractivity contribution in [3.05, 3.63) is 88.2 Å². The summed E-state index contributed by atoms with van der Waals surface area (Å²) in [6, 6.07) is 13.6. The van der Waals surface area contributed by atoms with Crippen LogP contribution in [0.3, 0.4) is 0 Å². The molecule has 2 aromatic carbocycles. The third-order valence-electron chi connectivity index (χ3n) is 5.43. The van der Waals surface area contributed by atoms with Crippen molar-refractivity contribution in [3.63, 3.8) is 0 Å². The zero-order chi connectivity index (χ0) is 21.8. The van der Waals surface area contributed by atoms with E-state index < -0.39 is 0 Å². The maximum Gasteiger partial charge on any atom is 0.240 e. The highest BCUT2D eigenvalue weighted by molar-refractivity contribution is 6.30. The van der Waals surface area contributed by atoms with Crippen LogP contribution in [-0.2, 0) is 24.4 Å². The average molecular weight is 438 g/mol. The van der Waals surface area contributed by atoms with E-state index in [2.05, 4.69) is 16.4 Å². The molecule has 1 amide bonds. The van der Waals surface area contributed by atoms with Crippen molar-refractivity contribution in [2.24, 2.45) is 0 Å². The van der Waals surface area contributed by atoms with Crippen molar-refractivity contribution in [2.75, 3.05) is 6.54 Å². The number of carbonyl (C=O) groups excluding carboxylic acids is 1. The van der Waals surface area contributed by atoms with E-state index in [1.807, 2.05) is 16.7 Å². The van der Waals surface area contributed by atoms with Crippen LogP contribution in [0.25, 0.3) is 0 Å². The molecule has 0 aliphatic carbocycles. The number of aromatic nitrogens is 2. The molecular weight excluding hydrogens is 417 g/mol. The monoisotopic (exact) mass is 437 g/mol. The average Bonchev–Trinajstić information content (AvgIpc) is 3.36. The summed E-state index contributed by atoms with van der Waals surface area (Å²) in [5.74, 6) is -0.405. The predicted octanol–water partition coefficient (Wildman–Crippen LogP) is 3.49. The Labute approximate surface area is 184 Å². The van der Waals surface area contributed by atoms with Gasteiger partial charge in [-0.05, 0) is 42.3 Å². The van der Waals surface area contributed by atoms with E-state index >= 15 is 0 Å². The summed E-state index contributed by atoms with van der Waals surface area (Å²) in [6.07, 6.45) is 4.18. The Hall–Kier alpha value is -3.21. The minimum atomic E-state index is -0.361. The zero-order valence-electron chi connectivity index (χ0n) is 16.8. The van der Waals surface area contributed by atoms with Gasteiger partial charge in [-0.1, -0.05) is 23.7 Å². The Morgan fingerprint density at radius 3 is 2.81 bits per heavy atom. The molecule has 1 N–H and O–H groups in total. The first-order valence-electron chi connectivity index (χ1n) is 9.97. The molecule has 4 rings (SSSR count). The molecule has 1 aliphatic heterocycles. The fraction of sp³-hybridized carbons (Fsp3) is 0.261. The molecule has 31 heavy (non-hydrogen) atoms. The molecule has 3 aromatic rings. The Balaban J connectivity index is 1.35. The number of rotatable bonds is 7. The van der Waals surface area contributed by atoms with E-state index in [9.17, 15) is 9.18 Å².